The molecule has 0 heterocycles. The van der Waals surface area contributed by atoms with Gasteiger partial charge >= 0.3 is 0 Å². The first-order valence-electron chi connectivity index (χ1n) is 6.80. The zero-order valence-electron chi connectivity index (χ0n) is 10.6. The van der Waals surface area contributed by atoms with E-state index in [0.29, 0.717) is 19.1 Å². The molecule has 2 rings (SSSR count). The monoisotopic (exact) mass is 260 g/mol. The van der Waals surface area contributed by atoms with Gasteiger partial charge in [-0.3, -0.25) is 0 Å². The van der Waals surface area contributed by atoms with Crippen LogP contribution in [0.5, 0.6) is 0 Å². The fourth-order valence-corrected chi connectivity index (χ4v) is 3.06. The lowest BCUT2D eigenvalue weighted by atomic mass is 9.83. The predicted molar refractivity (Wildman–Crippen MR) is 69.4 cm³/mol. The quantitative estimate of drug-likeness (QED) is 0.690. The van der Waals surface area contributed by atoms with Crippen molar-refractivity contribution >= 4 is 10.0 Å². The van der Waals surface area contributed by atoms with Crippen LogP contribution in [0, 0.1) is 5.92 Å². The van der Waals surface area contributed by atoms with E-state index in [1.54, 1.807) is 6.92 Å². The van der Waals surface area contributed by atoms with Gasteiger partial charge in [-0.05, 0) is 32.1 Å². The van der Waals surface area contributed by atoms with Gasteiger partial charge in [0.25, 0.3) is 0 Å². The first-order valence-corrected chi connectivity index (χ1v) is 8.34. The van der Waals surface area contributed by atoms with E-state index < -0.39 is 10.0 Å². The van der Waals surface area contributed by atoms with Crippen molar-refractivity contribution in [3.05, 3.63) is 0 Å². The summed E-state index contributed by atoms with van der Waals surface area (Å²) in [6.07, 6.45) is 7.27. The molecule has 0 aliphatic heterocycles. The minimum absolute atomic E-state index is 0.329. The van der Waals surface area contributed by atoms with Gasteiger partial charge in [-0.1, -0.05) is 19.3 Å². The van der Waals surface area contributed by atoms with Crippen molar-refractivity contribution < 1.29 is 8.42 Å². The molecule has 2 aliphatic rings. The Balaban J connectivity index is 1.64. The minimum Gasteiger partial charge on any atom is -0.313 e. The first-order chi connectivity index (χ1) is 8.08. The van der Waals surface area contributed by atoms with Crippen LogP contribution >= 0.6 is 0 Å². The van der Waals surface area contributed by atoms with Crippen molar-refractivity contribution in [2.24, 2.45) is 5.92 Å². The number of nitrogens with one attached hydrogen (secondary N) is 2. The topological polar surface area (TPSA) is 58.2 Å². The second-order valence-electron chi connectivity index (χ2n) is 5.52. The Morgan fingerprint density at radius 2 is 1.94 bits per heavy atom. The summed E-state index contributed by atoms with van der Waals surface area (Å²) < 4.78 is 26.5. The van der Waals surface area contributed by atoms with Crippen molar-refractivity contribution in [1.82, 2.24) is 10.0 Å². The molecule has 0 radical (unpaired) electrons. The van der Waals surface area contributed by atoms with Crippen LogP contribution in [0.1, 0.15) is 45.4 Å². The van der Waals surface area contributed by atoms with Crippen LogP contribution in [-0.2, 0) is 10.0 Å². The van der Waals surface area contributed by atoms with E-state index in [1.165, 1.54) is 32.1 Å². The Labute approximate surface area is 105 Å². The van der Waals surface area contributed by atoms with Crippen LogP contribution in [0.25, 0.3) is 0 Å². The average molecular weight is 260 g/mol. The molecular formula is C12H24N2O2S. The van der Waals surface area contributed by atoms with Crippen molar-refractivity contribution in [1.29, 1.82) is 0 Å². The van der Waals surface area contributed by atoms with Gasteiger partial charge in [0.05, 0.1) is 5.25 Å². The minimum atomic E-state index is -3.12. The zero-order valence-corrected chi connectivity index (χ0v) is 11.4. The van der Waals surface area contributed by atoms with Gasteiger partial charge in [-0.15, -0.1) is 0 Å². The van der Waals surface area contributed by atoms with Crippen LogP contribution in [-0.4, -0.2) is 32.8 Å². The largest absolute Gasteiger partial charge is 0.313 e. The molecule has 2 saturated carbocycles. The summed E-state index contributed by atoms with van der Waals surface area (Å²) in [6.45, 7) is 2.96. The Kier molecular flexibility index (Phi) is 4.44. The van der Waals surface area contributed by atoms with Gasteiger partial charge in [-0.25, -0.2) is 13.1 Å². The number of sulfonamides is 1. The van der Waals surface area contributed by atoms with Crippen LogP contribution in [0.3, 0.4) is 0 Å². The van der Waals surface area contributed by atoms with Gasteiger partial charge in [0, 0.05) is 19.1 Å². The summed E-state index contributed by atoms with van der Waals surface area (Å²) in [5, 5.41) is 2.94. The third kappa shape index (κ3) is 4.23. The molecule has 0 aromatic rings. The summed E-state index contributed by atoms with van der Waals surface area (Å²) >= 11 is 0. The lowest BCUT2D eigenvalue weighted by Crippen LogP contribution is -2.40. The first kappa shape index (κ1) is 13.3. The molecule has 0 bridgehead atoms. The lowest BCUT2D eigenvalue weighted by Gasteiger charge is -2.25. The predicted octanol–water partition coefficient (Wildman–Crippen LogP) is 1.24. The van der Waals surface area contributed by atoms with Crippen molar-refractivity contribution in [2.75, 3.05) is 13.1 Å². The van der Waals surface area contributed by atoms with E-state index >= 15 is 0 Å². The summed E-state index contributed by atoms with van der Waals surface area (Å²) in [5.74, 6) is 0.762. The number of rotatable bonds is 8. The molecule has 1 atom stereocenters. The van der Waals surface area contributed by atoms with E-state index in [-0.39, 0.29) is 5.25 Å². The van der Waals surface area contributed by atoms with Crippen molar-refractivity contribution in [3.8, 4) is 0 Å². The highest BCUT2D eigenvalue weighted by atomic mass is 32.2. The third-order valence-corrected chi connectivity index (χ3v) is 5.71. The molecule has 0 amide bonds. The summed E-state index contributed by atoms with van der Waals surface area (Å²) in [6, 6.07) is 0.572. The fourth-order valence-electron chi connectivity index (χ4n) is 2.06. The van der Waals surface area contributed by atoms with Crippen molar-refractivity contribution in [3.63, 3.8) is 0 Å². The molecule has 0 spiro atoms. The molecule has 2 N–H and O–H groups in total. The maximum absolute atomic E-state index is 11.9. The Morgan fingerprint density at radius 1 is 1.24 bits per heavy atom. The van der Waals surface area contributed by atoms with Gasteiger partial charge in [0.15, 0.2) is 0 Å². The van der Waals surface area contributed by atoms with Crippen LogP contribution in [0.4, 0.5) is 0 Å². The van der Waals surface area contributed by atoms with E-state index in [0.717, 1.165) is 12.3 Å². The van der Waals surface area contributed by atoms with Crippen LogP contribution in [0.15, 0.2) is 0 Å². The maximum atomic E-state index is 11.9. The smallest absolute Gasteiger partial charge is 0.215 e. The molecule has 17 heavy (non-hydrogen) atoms. The molecule has 0 aromatic carbocycles. The van der Waals surface area contributed by atoms with Gasteiger partial charge < -0.3 is 5.32 Å². The number of hydrogen-bond donors (Lipinski definition) is 2. The summed E-state index contributed by atoms with van der Waals surface area (Å²) in [5.41, 5.74) is 0. The molecule has 100 valence electrons. The highest BCUT2D eigenvalue weighted by Gasteiger charge is 2.26. The highest BCUT2D eigenvalue weighted by Crippen LogP contribution is 2.28. The zero-order chi connectivity index (χ0) is 12.3. The molecule has 2 aliphatic carbocycles. The highest BCUT2D eigenvalue weighted by molar-refractivity contribution is 7.90. The van der Waals surface area contributed by atoms with E-state index in [4.69, 9.17) is 0 Å². The summed E-state index contributed by atoms with van der Waals surface area (Å²) in [4.78, 5) is 0. The van der Waals surface area contributed by atoms with Crippen molar-refractivity contribution in [2.45, 2.75) is 56.7 Å². The van der Waals surface area contributed by atoms with Crippen LogP contribution in [0.2, 0.25) is 0 Å². The second kappa shape index (κ2) is 5.67. The summed E-state index contributed by atoms with van der Waals surface area (Å²) in [7, 11) is -3.12. The van der Waals surface area contributed by atoms with E-state index in [1.807, 2.05) is 0 Å². The molecule has 4 nitrogen and oxygen atoms in total. The standard InChI is InChI=1S/C12H24N2O2S/c1-10(9-13-12-5-6-12)17(15,16)14-8-7-11-3-2-4-11/h10-14H,2-9H2,1H3. The average Bonchev–Trinajstić information content (AvgIpc) is 3.01. The van der Waals surface area contributed by atoms with E-state index in [9.17, 15) is 8.42 Å². The lowest BCUT2D eigenvalue weighted by molar-refractivity contribution is 0.297. The Morgan fingerprint density at radius 3 is 2.47 bits per heavy atom. The second-order valence-corrected chi connectivity index (χ2v) is 7.70. The third-order valence-electron chi connectivity index (χ3n) is 3.88. The number of hydrogen-bond acceptors (Lipinski definition) is 3. The molecular weight excluding hydrogens is 236 g/mol. The van der Waals surface area contributed by atoms with Gasteiger partial charge in [0.2, 0.25) is 10.0 Å². The Bertz CT molecular complexity index is 334. The molecule has 5 heteroatoms. The van der Waals surface area contributed by atoms with Crippen LogP contribution < -0.4 is 10.0 Å². The van der Waals surface area contributed by atoms with Gasteiger partial charge in [0.1, 0.15) is 0 Å². The molecule has 0 saturated heterocycles. The molecule has 2 fully saturated rings. The molecule has 0 aromatic heterocycles. The molecule has 1 unspecified atom stereocenters. The van der Waals surface area contributed by atoms with E-state index in [2.05, 4.69) is 10.0 Å². The fraction of sp³-hybridized carbons (Fsp3) is 1.00. The maximum Gasteiger partial charge on any atom is 0.215 e. The van der Waals surface area contributed by atoms with Gasteiger partial charge in [-0.2, -0.15) is 0 Å². The normalized spacial score (nSPS) is 23.4. The SMILES string of the molecule is CC(CNC1CC1)S(=O)(=O)NCCC1CCC1. The Hall–Kier alpha value is -0.130.